The third-order valence-electron chi connectivity index (χ3n) is 4.25. The van der Waals surface area contributed by atoms with E-state index in [1.165, 1.54) is 17.8 Å². The molecule has 0 spiro atoms. The van der Waals surface area contributed by atoms with Crippen LogP contribution in [0.4, 0.5) is 5.82 Å². The lowest BCUT2D eigenvalue weighted by Gasteiger charge is -2.18. The highest BCUT2D eigenvalue weighted by atomic mass is 35.5. The van der Waals surface area contributed by atoms with Gasteiger partial charge in [0.25, 0.3) is 5.89 Å². The molecule has 4 heterocycles. The summed E-state index contributed by atoms with van der Waals surface area (Å²) in [5, 5.41) is 14.5. The molecule has 0 radical (unpaired) electrons. The Hall–Kier alpha value is -2.83. The highest BCUT2D eigenvalue weighted by molar-refractivity contribution is 6.28. The normalized spacial score (nSPS) is 24.7. The Labute approximate surface area is 162 Å². The maximum atomic E-state index is 11.5. The number of fused-ring (bicyclic) bond motifs is 1. The van der Waals surface area contributed by atoms with Crippen molar-refractivity contribution in [1.82, 2.24) is 29.7 Å². The van der Waals surface area contributed by atoms with Crippen LogP contribution in [0.1, 0.15) is 37.9 Å². The van der Waals surface area contributed by atoms with E-state index in [0.29, 0.717) is 17.8 Å². The highest BCUT2D eigenvalue weighted by Gasteiger charge is 2.50. The number of rotatable bonds is 4. The Morgan fingerprint density at radius 1 is 1.43 bits per heavy atom. The monoisotopic (exact) mass is 409 g/mol. The van der Waals surface area contributed by atoms with E-state index >= 15 is 0 Å². The van der Waals surface area contributed by atoms with Crippen LogP contribution in [0.5, 0.6) is 0 Å². The fraction of sp³-hybridized carbons (Fsp3) is 0.467. The van der Waals surface area contributed by atoms with Gasteiger partial charge in [0, 0.05) is 13.3 Å². The predicted octanol–water partition coefficient (Wildman–Crippen LogP) is 0.570. The first-order valence-corrected chi connectivity index (χ1v) is 8.75. The Balaban J connectivity index is 1.75. The molecule has 3 aromatic heterocycles. The molecule has 28 heavy (non-hydrogen) atoms. The molecule has 0 bridgehead atoms. The van der Waals surface area contributed by atoms with Gasteiger partial charge < -0.3 is 24.8 Å². The molecular weight excluding hydrogens is 394 g/mol. The van der Waals surface area contributed by atoms with Gasteiger partial charge in [-0.3, -0.25) is 9.36 Å². The minimum absolute atomic E-state index is 0.0822. The van der Waals surface area contributed by atoms with Crippen LogP contribution in [0.3, 0.4) is 0 Å². The van der Waals surface area contributed by atoms with E-state index in [4.69, 9.17) is 31.3 Å². The second-order valence-corrected chi connectivity index (χ2v) is 6.45. The number of aliphatic hydroxyl groups is 1. The zero-order valence-electron chi connectivity index (χ0n) is 14.8. The maximum absolute atomic E-state index is 11.5. The third-order valence-corrected chi connectivity index (χ3v) is 4.42. The van der Waals surface area contributed by atoms with Crippen LogP contribution >= 0.6 is 11.6 Å². The van der Waals surface area contributed by atoms with E-state index in [1.54, 1.807) is 0 Å². The summed E-state index contributed by atoms with van der Waals surface area (Å²) in [5.41, 5.74) is 6.36. The van der Waals surface area contributed by atoms with Crippen LogP contribution in [0.25, 0.3) is 11.2 Å². The lowest BCUT2D eigenvalue weighted by Crippen LogP contribution is -2.33. The number of ether oxygens (including phenoxy) is 2. The number of aliphatic hydroxyl groups excluding tert-OH is 1. The molecule has 4 atom stereocenters. The van der Waals surface area contributed by atoms with Crippen LogP contribution in [-0.4, -0.2) is 52.9 Å². The second-order valence-electron chi connectivity index (χ2n) is 6.12. The van der Waals surface area contributed by atoms with Gasteiger partial charge >= 0.3 is 5.97 Å². The summed E-state index contributed by atoms with van der Waals surface area (Å²) in [6.45, 7) is 3.08. The van der Waals surface area contributed by atoms with Crippen LogP contribution in [-0.2, 0) is 20.7 Å². The molecule has 1 fully saturated rings. The third kappa shape index (κ3) is 3.04. The van der Waals surface area contributed by atoms with Gasteiger partial charge in [0.05, 0.1) is 6.33 Å². The number of halogens is 1. The molecule has 0 unspecified atom stereocenters. The number of nitrogens with two attached hydrogens (primary N) is 1. The number of hydrogen-bond donors (Lipinski definition) is 2. The molecule has 3 N–H and O–H groups in total. The number of aryl methyl sites for hydroxylation is 1. The van der Waals surface area contributed by atoms with Gasteiger partial charge in [-0.1, -0.05) is 12.1 Å². The lowest BCUT2D eigenvalue weighted by molar-refractivity contribution is -0.153. The number of anilines is 1. The summed E-state index contributed by atoms with van der Waals surface area (Å²) >= 11 is 5.89. The zero-order chi connectivity index (χ0) is 20.0. The molecule has 12 nitrogen and oxygen atoms in total. The van der Waals surface area contributed by atoms with Crippen molar-refractivity contribution < 1.29 is 23.9 Å². The van der Waals surface area contributed by atoms with Gasteiger partial charge in [0.15, 0.2) is 35.7 Å². The van der Waals surface area contributed by atoms with E-state index in [1.807, 2.05) is 6.92 Å². The zero-order valence-corrected chi connectivity index (χ0v) is 15.6. The molecular formula is C15H16ClN7O5. The molecule has 3 aromatic rings. The summed E-state index contributed by atoms with van der Waals surface area (Å²) in [6.07, 6.45) is -2.46. The van der Waals surface area contributed by atoms with Crippen molar-refractivity contribution in [3.8, 4) is 0 Å². The Morgan fingerprint density at radius 3 is 2.89 bits per heavy atom. The van der Waals surface area contributed by atoms with E-state index < -0.39 is 30.5 Å². The number of carbonyl (C=O) groups excluding carboxylic acids is 1. The van der Waals surface area contributed by atoms with Crippen molar-refractivity contribution in [3.63, 3.8) is 0 Å². The van der Waals surface area contributed by atoms with Crippen LogP contribution in [0, 0.1) is 0 Å². The minimum atomic E-state index is -1.28. The predicted molar refractivity (Wildman–Crippen MR) is 92.8 cm³/mol. The molecule has 1 saturated heterocycles. The molecule has 148 valence electrons. The highest BCUT2D eigenvalue weighted by Crippen LogP contribution is 2.41. The van der Waals surface area contributed by atoms with Gasteiger partial charge in [0.1, 0.15) is 11.6 Å². The van der Waals surface area contributed by atoms with Crippen molar-refractivity contribution in [1.29, 1.82) is 0 Å². The van der Waals surface area contributed by atoms with Gasteiger partial charge in [-0.2, -0.15) is 15.0 Å². The number of imidazole rings is 1. The number of carbonyl (C=O) groups is 1. The van der Waals surface area contributed by atoms with Crippen molar-refractivity contribution in [2.45, 2.75) is 44.8 Å². The molecule has 0 saturated carbocycles. The van der Waals surface area contributed by atoms with Crippen molar-refractivity contribution in [2.24, 2.45) is 0 Å². The standard InChI is InChI=1S/C15H16ClN7O5/c1-3-6-19-13(28-22-6)10-9(26-5(2)24)8(25)14(27-10)23-4-18-7-11(17)20-15(16)21-12(7)23/h4,8-10,14,25H,3H2,1-2H3,(H2,17,20,21)/t8-,9+,10+,14-/m1/s1. The van der Waals surface area contributed by atoms with Gasteiger partial charge in [-0.15, -0.1) is 0 Å². The lowest BCUT2D eigenvalue weighted by atomic mass is 10.1. The quantitative estimate of drug-likeness (QED) is 0.457. The van der Waals surface area contributed by atoms with Crippen LogP contribution in [0.15, 0.2) is 10.9 Å². The molecule has 13 heteroatoms. The van der Waals surface area contributed by atoms with Crippen LogP contribution < -0.4 is 5.73 Å². The van der Waals surface area contributed by atoms with E-state index in [0.717, 1.165) is 0 Å². The Morgan fingerprint density at radius 2 is 2.21 bits per heavy atom. The first-order valence-electron chi connectivity index (χ1n) is 8.37. The maximum Gasteiger partial charge on any atom is 0.303 e. The summed E-state index contributed by atoms with van der Waals surface area (Å²) in [5.74, 6) is 0.0252. The van der Waals surface area contributed by atoms with Gasteiger partial charge in [-0.05, 0) is 11.6 Å². The summed E-state index contributed by atoms with van der Waals surface area (Å²) in [4.78, 5) is 27.8. The first-order chi connectivity index (χ1) is 13.4. The number of aromatic nitrogens is 6. The fourth-order valence-electron chi connectivity index (χ4n) is 3.03. The first kappa shape index (κ1) is 18.5. The number of esters is 1. The average molecular weight is 410 g/mol. The molecule has 4 rings (SSSR count). The Bertz CT molecular complexity index is 1040. The summed E-state index contributed by atoms with van der Waals surface area (Å²) in [6, 6.07) is 0. The minimum Gasteiger partial charge on any atom is -0.456 e. The number of nitrogens with zero attached hydrogens (tertiary/aromatic N) is 6. The van der Waals surface area contributed by atoms with Crippen molar-refractivity contribution in [3.05, 3.63) is 23.3 Å². The summed E-state index contributed by atoms with van der Waals surface area (Å²) in [7, 11) is 0. The molecule has 0 amide bonds. The summed E-state index contributed by atoms with van der Waals surface area (Å²) < 4.78 is 17.8. The van der Waals surface area contributed by atoms with Gasteiger partial charge in [0.2, 0.25) is 5.28 Å². The van der Waals surface area contributed by atoms with E-state index in [-0.39, 0.29) is 22.6 Å². The fourth-order valence-corrected chi connectivity index (χ4v) is 3.20. The molecule has 0 aromatic carbocycles. The van der Waals surface area contributed by atoms with Crippen molar-refractivity contribution in [2.75, 3.05) is 5.73 Å². The molecule has 0 aliphatic carbocycles. The van der Waals surface area contributed by atoms with Gasteiger partial charge in [-0.25, -0.2) is 4.98 Å². The largest absolute Gasteiger partial charge is 0.456 e. The SMILES string of the molecule is CCc1noc([C@H]2O[C@@H](n3cnc4c(N)nc(Cl)nc43)[C@H](O)[C@@H]2OC(C)=O)n1. The topological polar surface area (TPSA) is 164 Å². The van der Waals surface area contributed by atoms with Crippen LogP contribution in [0.2, 0.25) is 5.28 Å². The van der Waals surface area contributed by atoms with Crippen molar-refractivity contribution >= 4 is 34.6 Å². The van der Waals surface area contributed by atoms with E-state index in [2.05, 4.69) is 25.1 Å². The molecule has 1 aliphatic heterocycles. The van der Waals surface area contributed by atoms with E-state index in [9.17, 15) is 9.90 Å². The molecule has 1 aliphatic rings. The smallest absolute Gasteiger partial charge is 0.303 e. The number of hydrogen-bond acceptors (Lipinski definition) is 11. The number of nitrogen functional groups attached to an aromatic ring is 1. The average Bonchev–Trinajstić information content (AvgIpc) is 3.33. The second kappa shape index (κ2) is 6.96. The Kier molecular flexibility index (Phi) is 4.61.